The summed E-state index contributed by atoms with van der Waals surface area (Å²) in [6.45, 7) is 8.95. The summed E-state index contributed by atoms with van der Waals surface area (Å²) in [6, 6.07) is 9.53. The van der Waals surface area contributed by atoms with Gasteiger partial charge in [0.25, 0.3) is 0 Å². The first-order valence-electron chi connectivity index (χ1n) is 10.6. The van der Waals surface area contributed by atoms with E-state index in [0.29, 0.717) is 17.4 Å². The molecule has 0 bridgehead atoms. The van der Waals surface area contributed by atoms with E-state index in [4.69, 9.17) is 1.37 Å². The largest absolute Gasteiger partial charge is 0.264 e. The highest BCUT2D eigenvalue weighted by Gasteiger charge is 2.28. The second kappa shape index (κ2) is 6.74. The molecule has 0 radical (unpaired) electrons. The normalized spacial score (nSPS) is 17.9. The smallest absolute Gasteiger partial charge is 0.222 e. The van der Waals surface area contributed by atoms with E-state index in [0.717, 1.165) is 27.7 Å². The average molecular weight is 361 g/mol. The van der Waals surface area contributed by atoms with Gasteiger partial charge in [0, 0.05) is 25.4 Å². The number of fused-ring (bicyclic) bond motifs is 1. The van der Waals surface area contributed by atoms with Crippen LogP contribution < -0.4 is 4.57 Å². The lowest BCUT2D eigenvalue weighted by atomic mass is 9.71. The number of pyridine rings is 2. The van der Waals surface area contributed by atoms with Crippen LogP contribution in [0.1, 0.15) is 63.6 Å². The number of benzene rings is 1. The summed E-state index contributed by atoms with van der Waals surface area (Å²) < 4.78 is 10.9. The van der Waals surface area contributed by atoms with Crippen LogP contribution in [0.3, 0.4) is 0 Å². The molecule has 1 aliphatic carbocycles. The fourth-order valence-electron chi connectivity index (χ4n) is 4.52. The van der Waals surface area contributed by atoms with Gasteiger partial charge in [0.15, 0.2) is 5.69 Å². The Morgan fingerprint density at radius 1 is 1.15 bits per heavy atom. The molecule has 2 heterocycles. The topological polar surface area (TPSA) is 16.8 Å². The molecule has 0 saturated heterocycles. The Hall–Kier alpha value is -2.22. The predicted molar refractivity (Wildman–Crippen MR) is 113 cm³/mol. The van der Waals surface area contributed by atoms with Crippen LogP contribution in [0.4, 0.5) is 0 Å². The van der Waals surface area contributed by atoms with Gasteiger partial charge in [-0.2, -0.15) is 4.57 Å². The van der Waals surface area contributed by atoms with E-state index < -0.39 is 0 Å². The van der Waals surface area contributed by atoms with Crippen molar-refractivity contribution in [2.45, 2.75) is 59.3 Å². The molecular formula is C25H31N2+. The molecule has 0 unspecified atom stereocenters. The minimum atomic E-state index is 0.475. The lowest BCUT2D eigenvalue weighted by molar-refractivity contribution is -0.665. The maximum absolute atomic E-state index is 8.78. The molecule has 1 fully saturated rings. The monoisotopic (exact) mass is 360 g/mol. The quantitative estimate of drug-likeness (QED) is 0.510. The summed E-state index contributed by atoms with van der Waals surface area (Å²) in [4.78, 5) is 4.37. The van der Waals surface area contributed by atoms with E-state index in [9.17, 15) is 0 Å². The molecular weight excluding hydrogens is 328 g/mol. The molecule has 0 N–H and O–H groups in total. The summed E-state index contributed by atoms with van der Waals surface area (Å²) in [7, 11) is 2.06. The van der Waals surface area contributed by atoms with Gasteiger partial charge in [0.2, 0.25) is 5.69 Å². The van der Waals surface area contributed by atoms with Crippen LogP contribution >= 0.6 is 0 Å². The van der Waals surface area contributed by atoms with Gasteiger partial charge >= 0.3 is 0 Å². The second-order valence-corrected chi connectivity index (χ2v) is 9.05. The van der Waals surface area contributed by atoms with Gasteiger partial charge < -0.3 is 0 Å². The van der Waals surface area contributed by atoms with Gasteiger partial charge in [0.1, 0.15) is 7.05 Å². The molecule has 0 amide bonds. The lowest BCUT2D eigenvalue weighted by Crippen LogP contribution is -2.35. The number of aromatic nitrogens is 2. The van der Waals surface area contributed by atoms with Crippen LogP contribution in [0, 0.1) is 19.3 Å². The zero-order chi connectivity index (χ0) is 20.1. The molecule has 1 saturated carbocycles. The molecule has 3 aromatic rings. The fraction of sp³-hybridized carbons (Fsp3) is 0.440. The van der Waals surface area contributed by atoms with E-state index >= 15 is 0 Å². The van der Waals surface area contributed by atoms with E-state index in [-0.39, 0.29) is 0 Å². The Labute approximate surface area is 164 Å². The van der Waals surface area contributed by atoms with Crippen molar-refractivity contribution in [2.75, 3.05) is 0 Å². The van der Waals surface area contributed by atoms with Gasteiger partial charge in [-0.05, 0) is 72.6 Å². The molecule has 0 spiro atoms. The number of hydrogen-bond donors (Lipinski definition) is 0. The molecule has 140 valence electrons. The van der Waals surface area contributed by atoms with Gasteiger partial charge in [-0.1, -0.05) is 26.0 Å². The zero-order valence-corrected chi connectivity index (χ0v) is 17.3. The maximum Gasteiger partial charge on any atom is 0.222 e. The van der Waals surface area contributed by atoms with Crippen molar-refractivity contribution in [1.82, 2.24) is 4.98 Å². The van der Waals surface area contributed by atoms with Crippen molar-refractivity contribution >= 4 is 10.8 Å². The van der Waals surface area contributed by atoms with Crippen molar-refractivity contribution in [3.8, 4) is 11.3 Å². The van der Waals surface area contributed by atoms with Crippen LogP contribution in [0.15, 0.2) is 42.7 Å². The molecule has 0 atom stereocenters. The van der Waals surface area contributed by atoms with Crippen LogP contribution in [-0.2, 0) is 7.05 Å². The van der Waals surface area contributed by atoms with Gasteiger partial charge in [-0.15, -0.1) is 0 Å². The lowest BCUT2D eigenvalue weighted by Gasteiger charge is -2.34. The molecule has 4 rings (SSSR count). The van der Waals surface area contributed by atoms with Crippen LogP contribution in [0.2, 0.25) is 0 Å². The summed E-state index contributed by atoms with van der Waals surface area (Å²) in [5, 5.41) is 2.21. The molecule has 1 aromatic carbocycles. The van der Waals surface area contributed by atoms with Gasteiger partial charge in [0.05, 0.1) is 12.3 Å². The Kier molecular flexibility index (Phi) is 4.22. The van der Waals surface area contributed by atoms with Crippen molar-refractivity contribution < 1.29 is 5.94 Å². The third kappa shape index (κ3) is 3.38. The third-order valence-corrected chi connectivity index (χ3v) is 6.56. The first-order valence-corrected chi connectivity index (χ1v) is 10.1. The van der Waals surface area contributed by atoms with Crippen LogP contribution in [0.5, 0.6) is 0 Å². The Bertz CT molecular complexity index is 1040. The minimum Gasteiger partial charge on any atom is -0.264 e. The summed E-state index contributed by atoms with van der Waals surface area (Å²) in [5.74, 6) is 0.620. The van der Waals surface area contributed by atoms with Crippen molar-refractivity contribution in [2.24, 2.45) is 12.5 Å². The van der Waals surface area contributed by atoms with Crippen LogP contribution in [-0.4, -0.2) is 4.98 Å². The molecule has 0 aliphatic heterocycles. The highest BCUT2D eigenvalue weighted by molar-refractivity contribution is 5.94. The maximum atomic E-state index is 8.78. The van der Waals surface area contributed by atoms with Gasteiger partial charge in [-0.3, -0.25) is 4.98 Å². The molecule has 27 heavy (non-hydrogen) atoms. The summed E-state index contributed by atoms with van der Waals surface area (Å²) in [5.41, 5.74) is 6.38. The molecule has 2 aromatic heterocycles. The van der Waals surface area contributed by atoms with E-state index in [2.05, 4.69) is 61.6 Å². The number of rotatable bonds is 2. The minimum absolute atomic E-state index is 0.475. The molecule has 2 heteroatoms. The van der Waals surface area contributed by atoms with Crippen molar-refractivity contribution in [3.63, 3.8) is 0 Å². The third-order valence-electron chi connectivity index (χ3n) is 6.56. The highest BCUT2D eigenvalue weighted by Crippen LogP contribution is 2.43. The summed E-state index contributed by atoms with van der Waals surface area (Å²) >= 11 is 0. The Morgan fingerprint density at radius 3 is 2.59 bits per heavy atom. The van der Waals surface area contributed by atoms with E-state index in [1.54, 1.807) is 0 Å². The predicted octanol–water partition coefficient (Wildman–Crippen LogP) is 6.03. The van der Waals surface area contributed by atoms with Crippen molar-refractivity contribution in [3.05, 3.63) is 59.5 Å². The first-order chi connectivity index (χ1) is 13.3. The average Bonchev–Trinajstić information content (AvgIpc) is 2.67. The Balaban J connectivity index is 1.88. The van der Waals surface area contributed by atoms with E-state index in [1.165, 1.54) is 36.8 Å². The second-order valence-electron chi connectivity index (χ2n) is 9.05. The Morgan fingerprint density at radius 2 is 1.89 bits per heavy atom. The molecule has 2 nitrogen and oxygen atoms in total. The fourth-order valence-corrected chi connectivity index (χ4v) is 4.52. The highest BCUT2D eigenvalue weighted by atomic mass is 14.9. The number of nitrogens with zero attached hydrogens (tertiary/aromatic N) is 2. The van der Waals surface area contributed by atoms with E-state index in [1.807, 2.05) is 19.3 Å². The van der Waals surface area contributed by atoms with Gasteiger partial charge in [-0.25, -0.2) is 0 Å². The standard InChI is InChI=1S/C25H31N2/c1-17-10-13-26-16-23(17)24-22-7-6-20(15-21(22)14-18(2)27(24)5)19-8-11-25(3,4)12-9-19/h6-7,10,13-16,19H,8-9,11-12H2,1-5H3/q+1/i14D. The van der Waals surface area contributed by atoms with Crippen molar-refractivity contribution in [1.29, 1.82) is 0 Å². The number of aryl methyl sites for hydroxylation is 1. The SMILES string of the molecule is [2H]c1c(C)[n+](C)c(-c2cnccc2C)c2ccc(C3CCC(C)(C)CC3)cc12. The number of hydrogen-bond acceptors (Lipinski definition) is 1. The van der Waals surface area contributed by atoms with Crippen LogP contribution in [0.25, 0.3) is 22.0 Å². The zero-order valence-electron chi connectivity index (χ0n) is 18.3. The molecule has 1 aliphatic rings. The summed E-state index contributed by atoms with van der Waals surface area (Å²) in [6.07, 6.45) is 8.86. The first kappa shape index (κ1) is 16.9.